The van der Waals surface area contributed by atoms with E-state index in [1.807, 2.05) is 24.1 Å². The summed E-state index contributed by atoms with van der Waals surface area (Å²) in [5, 5.41) is 2.02. The van der Waals surface area contributed by atoms with Gasteiger partial charge >= 0.3 is 0 Å². The highest BCUT2D eigenvalue weighted by Crippen LogP contribution is 2.19. The van der Waals surface area contributed by atoms with Gasteiger partial charge in [-0.1, -0.05) is 39.0 Å². The fraction of sp³-hybridized carbons (Fsp3) is 0.706. The Balaban J connectivity index is 2.34. The number of carbonyl (C=O) groups excluding carboxylic acids is 1. The first-order valence-corrected chi connectivity index (χ1v) is 8.97. The summed E-state index contributed by atoms with van der Waals surface area (Å²) in [6, 6.07) is 2.09. The maximum Gasteiger partial charge on any atom is 0.254 e. The minimum absolute atomic E-state index is 0.181. The summed E-state index contributed by atoms with van der Waals surface area (Å²) >= 11 is 1.74. The molecule has 114 valence electrons. The predicted molar refractivity (Wildman–Crippen MR) is 88.7 cm³/mol. The third-order valence-electron chi connectivity index (χ3n) is 3.73. The van der Waals surface area contributed by atoms with Crippen LogP contribution in [0.25, 0.3) is 0 Å². The van der Waals surface area contributed by atoms with Crippen molar-refractivity contribution in [2.75, 3.05) is 13.1 Å². The Labute approximate surface area is 128 Å². The van der Waals surface area contributed by atoms with Gasteiger partial charge in [-0.25, -0.2) is 0 Å². The number of carbonyl (C=O) groups is 1. The zero-order valence-electron chi connectivity index (χ0n) is 13.3. The Morgan fingerprint density at radius 3 is 2.35 bits per heavy atom. The highest BCUT2D eigenvalue weighted by molar-refractivity contribution is 7.10. The first-order chi connectivity index (χ1) is 9.72. The minimum Gasteiger partial charge on any atom is -0.339 e. The second-order valence-electron chi connectivity index (χ2n) is 5.30. The molecule has 1 aromatic heterocycles. The van der Waals surface area contributed by atoms with Gasteiger partial charge in [0, 0.05) is 23.3 Å². The van der Waals surface area contributed by atoms with Crippen molar-refractivity contribution in [3.63, 3.8) is 0 Å². The average molecular weight is 295 g/mol. The molecule has 0 saturated carbocycles. The Morgan fingerprint density at radius 2 is 1.70 bits per heavy atom. The number of nitrogens with zero attached hydrogens (tertiary/aromatic N) is 1. The minimum atomic E-state index is 0.181. The van der Waals surface area contributed by atoms with E-state index < -0.39 is 0 Å². The predicted octanol–water partition coefficient (Wildman–Crippen LogP) is 5.13. The van der Waals surface area contributed by atoms with Crippen LogP contribution in [-0.4, -0.2) is 23.9 Å². The number of rotatable bonds is 10. The number of amides is 1. The van der Waals surface area contributed by atoms with E-state index in [0.29, 0.717) is 0 Å². The van der Waals surface area contributed by atoms with Gasteiger partial charge in [0.2, 0.25) is 0 Å². The highest BCUT2D eigenvalue weighted by atomic mass is 32.1. The topological polar surface area (TPSA) is 20.3 Å². The van der Waals surface area contributed by atoms with Gasteiger partial charge in [-0.05, 0) is 32.8 Å². The van der Waals surface area contributed by atoms with Crippen LogP contribution in [0.3, 0.4) is 0 Å². The van der Waals surface area contributed by atoms with E-state index in [4.69, 9.17) is 0 Å². The quantitative estimate of drug-likeness (QED) is 0.548. The normalized spacial score (nSPS) is 10.8. The van der Waals surface area contributed by atoms with E-state index in [2.05, 4.69) is 13.0 Å². The summed E-state index contributed by atoms with van der Waals surface area (Å²) in [5.41, 5.74) is 0.875. The largest absolute Gasteiger partial charge is 0.339 e. The molecule has 2 nitrogen and oxygen atoms in total. The number of thiophene rings is 1. The summed E-state index contributed by atoms with van der Waals surface area (Å²) in [7, 11) is 0. The molecule has 0 saturated heterocycles. The zero-order chi connectivity index (χ0) is 14.8. The van der Waals surface area contributed by atoms with Crippen molar-refractivity contribution in [3.05, 3.63) is 21.9 Å². The molecule has 0 atom stereocenters. The van der Waals surface area contributed by atoms with E-state index in [9.17, 15) is 4.79 Å². The van der Waals surface area contributed by atoms with Gasteiger partial charge in [-0.15, -0.1) is 11.3 Å². The van der Waals surface area contributed by atoms with E-state index in [0.717, 1.165) is 25.1 Å². The fourth-order valence-electron chi connectivity index (χ4n) is 2.40. The second kappa shape index (κ2) is 9.98. The van der Waals surface area contributed by atoms with Crippen LogP contribution in [0.2, 0.25) is 0 Å². The van der Waals surface area contributed by atoms with Gasteiger partial charge < -0.3 is 4.90 Å². The number of hydrogen-bond donors (Lipinski definition) is 0. The average Bonchev–Trinajstić information content (AvgIpc) is 2.92. The molecule has 1 heterocycles. The van der Waals surface area contributed by atoms with Gasteiger partial charge in [-0.3, -0.25) is 4.79 Å². The maximum absolute atomic E-state index is 12.2. The van der Waals surface area contributed by atoms with Crippen molar-refractivity contribution in [1.29, 1.82) is 0 Å². The van der Waals surface area contributed by atoms with Crippen LogP contribution in [0.1, 0.15) is 74.5 Å². The van der Waals surface area contributed by atoms with Gasteiger partial charge in [0.1, 0.15) is 0 Å². The van der Waals surface area contributed by atoms with Crippen molar-refractivity contribution < 1.29 is 4.79 Å². The van der Waals surface area contributed by atoms with Gasteiger partial charge in [0.05, 0.1) is 5.56 Å². The monoisotopic (exact) mass is 295 g/mol. The van der Waals surface area contributed by atoms with Crippen LogP contribution < -0.4 is 0 Å². The molecule has 0 N–H and O–H groups in total. The lowest BCUT2D eigenvalue weighted by Crippen LogP contribution is -2.30. The molecular formula is C17H29NOS. The van der Waals surface area contributed by atoms with Crippen LogP contribution in [0.4, 0.5) is 0 Å². The molecule has 1 aromatic rings. The molecule has 3 heteroatoms. The lowest BCUT2D eigenvalue weighted by Gasteiger charge is -2.17. The first kappa shape index (κ1) is 17.2. The first-order valence-electron chi connectivity index (χ1n) is 8.09. The van der Waals surface area contributed by atoms with Crippen LogP contribution in [0.5, 0.6) is 0 Å². The third kappa shape index (κ3) is 5.66. The summed E-state index contributed by atoms with van der Waals surface area (Å²) in [4.78, 5) is 15.4. The molecule has 0 radical (unpaired) electrons. The Kier molecular flexibility index (Phi) is 8.59. The molecule has 1 rings (SSSR count). The van der Waals surface area contributed by atoms with Crippen LogP contribution in [0, 0.1) is 0 Å². The summed E-state index contributed by atoms with van der Waals surface area (Å²) in [6.07, 6.45) is 9.09. The Morgan fingerprint density at radius 1 is 1.05 bits per heavy atom. The summed E-state index contributed by atoms with van der Waals surface area (Å²) < 4.78 is 0. The van der Waals surface area contributed by atoms with Crippen LogP contribution >= 0.6 is 11.3 Å². The molecular weight excluding hydrogens is 266 g/mol. The molecule has 0 bridgehead atoms. The van der Waals surface area contributed by atoms with Gasteiger partial charge in [0.25, 0.3) is 5.91 Å². The third-order valence-corrected chi connectivity index (χ3v) is 4.72. The second-order valence-corrected chi connectivity index (χ2v) is 6.29. The highest BCUT2D eigenvalue weighted by Gasteiger charge is 2.13. The standard InChI is InChI=1S/C17H29NOS/c1-4-7-8-9-10-11-12-16-13-15(14-20-16)17(19)18(5-2)6-3/h13-14H,4-12H2,1-3H3. The molecule has 0 aliphatic heterocycles. The Hall–Kier alpha value is -0.830. The van der Waals surface area contributed by atoms with Crippen molar-refractivity contribution >= 4 is 17.2 Å². The zero-order valence-corrected chi connectivity index (χ0v) is 14.1. The van der Waals surface area contributed by atoms with Crippen molar-refractivity contribution in [2.45, 2.75) is 65.7 Å². The molecule has 0 fully saturated rings. The van der Waals surface area contributed by atoms with E-state index in [-0.39, 0.29) is 5.91 Å². The molecule has 0 spiro atoms. The number of unbranched alkanes of at least 4 members (excludes halogenated alkanes) is 5. The molecule has 0 aliphatic rings. The van der Waals surface area contributed by atoms with Crippen molar-refractivity contribution in [1.82, 2.24) is 4.90 Å². The Bertz CT molecular complexity index is 382. The van der Waals surface area contributed by atoms with E-state index >= 15 is 0 Å². The van der Waals surface area contributed by atoms with E-state index in [1.165, 1.54) is 43.4 Å². The lowest BCUT2D eigenvalue weighted by atomic mass is 10.1. The SMILES string of the molecule is CCCCCCCCc1cc(C(=O)N(CC)CC)cs1. The van der Waals surface area contributed by atoms with Gasteiger partial charge in [0.15, 0.2) is 0 Å². The number of hydrogen-bond acceptors (Lipinski definition) is 2. The summed E-state index contributed by atoms with van der Waals surface area (Å²) in [6.45, 7) is 7.89. The van der Waals surface area contributed by atoms with Crippen molar-refractivity contribution in [3.8, 4) is 0 Å². The number of aryl methyl sites for hydroxylation is 1. The molecule has 0 aromatic carbocycles. The van der Waals surface area contributed by atoms with Crippen LogP contribution in [0.15, 0.2) is 11.4 Å². The van der Waals surface area contributed by atoms with Crippen LogP contribution in [-0.2, 0) is 6.42 Å². The fourth-order valence-corrected chi connectivity index (χ4v) is 3.30. The summed E-state index contributed by atoms with van der Waals surface area (Å²) in [5.74, 6) is 0.181. The smallest absolute Gasteiger partial charge is 0.254 e. The maximum atomic E-state index is 12.2. The molecule has 20 heavy (non-hydrogen) atoms. The lowest BCUT2D eigenvalue weighted by molar-refractivity contribution is 0.0773. The van der Waals surface area contributed by atoms with E-state index in [1.54, 1.807) is 11.3 Å². The molecule has 0 unspecified atom stereocenters. The molecule has 1 amide bonds. The molecule has 0 aliphatic carbocycles. The van der Waals surface area contributed by atoms with Crippen molar-refractivity contribution in [2.24, 2.45) is 0 Å². The van der Waals surface area contributed by atoms with Gasteiger partial charge in [-0.2, -0.15) is 0 Å².